The van der Waals surface area contributed by atoms with Gasteiger partial charge in [-0.25, -0.2) is 23.7 Å². The van der Waals surface area contributed by atoms with Crippen LogP contribution in [0.1, 0.15) is 35.2 Å². The maximum Gasteiger partial charge on any atom is 0.434 e. The van der Waals surface area contributed by atoms with Crippen LogP contribution in [-0.2, 0) is 6.18 Å². The number of carbonyl (C=O) groups is 1. The second-order valence-corrected chi connectivity index (χ2v) is 7.59. The summed E-state index contributed by atoms with van der Waals surface area (Å²) in [6.07, 6.45) is -3.60. The van der Waals surface area contributed by atoms with Crippen molar-refractivity contribution in [3.63, 3.8) is 0 Å². The molecule has 1 aliphatic heterocycles. The molecule has 31 heavy (non-hydrogen) atoms. The van der Waals surface area contributed by atoms with E-state index < -0.39 is 48.6 Å². The Morgan fingerprint density at radius 2 is 2.00 bits per heavy atom. The van der Waals surface area contributed by atoms with Crippen LogP contribution in [0.4, 0.5) is 33.5 Å². The average molecular weight is 444 g/mol. The molecule has 3 N–H and O–H groups in total. The number of pyridine rings is 1. The van der Waals surface area contributed by atoms with Crippen LogP contribution in [0.2, 0.25) is 0 Å². The number of aromatic nitrogens is 3. The van der Waals surface area contributed by atoms with E-state index in [2.05, 4.69) is 20.3 Å². The number of rotatable bonds is 4. The first-order valence-electron chi connectivity index (χ1n) is 9.42. The summed E-state index contributed by atoms with van der Waals surface area (Å²) in [5, 5.41) is 2.78. The lowest BCUT2D eigenvalue weighted by Gasteiger charge is -2.43. The van der Waals surface area contributed by atoms with Gasteiger partial charge in [-0.3, -0.25) is 4.79 Å². The molecule has 3 rings (SSSR count). The van der Waals surface area contributed by atoms with Crippen molar-refractivity contribution in [1.29, 1.82) is 0 Å². The highest BCUT2D eigenvalue weighted by Crippen LogP contribution is 2.35. The van der Waals surface area contributed by atoms with E-state index in [1.165, 1.54) is 6.07 Å². The molecule has 7 nitrogen and oxygen atoms in total. The second-order valence-electron chi connectivity index (χ2n) is 7.59. The maximum atomic E-state index is 14.3. The Hall–Kier alpha value is -3.05. The smallest absolute Gasteiger partial charge is 0.397 e. The SMILES string of the molecule is Cc1ccc(N)c(C(=O)N2CC(F)(F)CC(C)C2CNc2cnc(C(F)(F)F)cn2)n1. The third-order valence-corrected chi connectivity index (χ3v) is 5.04. The average Bonchev–Trinajstić information content (AvgIpc) is 2.67. The monoisotopic (exact) mass is 444 g/mol. The first-order chi connectivity index (χ1) is 14.4. The molecule has 12 heteroatoms. The van der Waals surface area contributed by atoms with E-state index in [9.17, 15) is 26.7 Å². The number of aryl methyl sites for hydroxylation is 1. The van der Waals surface area contributed by atoms with Crippen molar-refractivity contribution in [3.05, 3.63) is 41.6 Å². The van der Waals surface area contributed by atoms with Gasteiger partial charge in [0.15, 0.2) is 11.4 Å². The number of nitrogens with zero attached hydrogens (tertiary/aromatic N) is 4. The summed E-state index contributed by atoms with van der Waals surface area (Å²) in [5.41, 5.74) is 5.13. The van der Waals surface area contributed by atoms with Gasteiger partial charge in [0, 0.05) is 18.7 Å². The standard InChI is InChI=1S/C19H21F5N6O/c1-10-5-18(20,21)9-30(17(31)16-12(25)4-3-11(2)29-16)13(10)6-27-15-8-26-14(7-28-15)19(22,23)24/h3-4,7-8,10,13H,5-6,9,25H2,1-2H3,(H,27,28). The molecule has 0 aromatic carbocycles. The fraction of sp³-hybridized carbons (Fsp3) is 0.474. The van der Waals surface area contributed by atoms with Gasteiger partial charge in [0.2, 0.25) is 0 Å². The summed E-state index contributed by atoms with van der Waals surface area (Å²) >= 11 is 0. The van der Waals surface area contributed by atoms with Gasteiger partial charge >= 0.3 is 6.18 Å². The molecule has 1 saturated heterocycles. The number of nitrogens with two attached hydrogens (primary N) is 1. The van der Waals surface area contributed by atoms with Crippen LogP contribution in [-0.4, -0.2) is 50.8 Å². The highest BCUT2D eigenvalue weighted by atomic mass is 19.4. The number of hydrogen-bond donors (Lipinski definition) is 2. The van der Waals surface area contributed by atoms with Crippen LogP contribution in [0.3, 0.4) is 0 Å². The number of nitrogen functional groups attached to an aromatic ring is 1. The minimum atomic E-state index is -4.63. The fourth-order valence-corrected chi connectivity index (χ4v) is 3.53. The molecule has 1 aliphatic rings. The molecular formula is C19H21F5N6O. The molecule has 168 valence electrons. The third kappa shape index (κ3) is 5.17. The molecule has 1 fully saturated rings. The Balaban J connectivity index is 1.82. The zero-order valence-corrected chi connectivity index (χ0v) is 16.7. The van der Waals surface area contributed by atoms with Crippen molar-refractivity contribution >= 4 is 17.4 Å². The maximum absolute atomic E-state index is 14.3. The van der Waals surface area contributed by atoms with Crippen LogP contribution in [0.5, 0.6) is 0 Å². The van der Waals surface area contributed by atoms with E-state index in [0.29, 0.717) is 11.9 Å². The minimum absolute atomic E-state index is 0.0191. The number of piperidine rings is 1. The van der Waals surface area contributed by atoms with E-state index in [1.54, 1.807) is 19.9 Å². The molecule has 0 radical (unpaired) electrons. The van der Waals surface area contributed by atoms with Crippen LogP contribution >= 0.6 is 0 Å². The molecule has 2 aromatic heterocycles. The van der Waals surface area contributed by atoms with E-state index in [-0.39, 0.29) is 23.7 Å². The molecule has 0 saturated carbocycles. The number of carbonyl (C=O) groups excluding carboxylic acids is 1. The van der Waals surface area contributed by atoms with E-state index in [1.807, 2.05) is 0 Å². The van der Waals surface area contributed by atoms with E-state index in [0.717, 1.165) is 11.1 Å². The molecule has 0 spiro atoms. The largest absolute Gasteiger partial charge is 0.434 e. The summed E-state index contributed by atoms with van der Waals surface area (Å²) in [6.45, 7) is 2.38. The minimum Gasteiger partial charge on any atom is -0.397 e. The molecule has 2 atom stereocenters. The lowest BCUT2D eigenvalue weighted by atomic mass is 9.88. The Kier molecular flexibility index (Phi) is 6.01. The summed E-state index contributed by atoms with van der Waals surface area (Å²) < 4.78 is 66.4. The van der Waals surface area contributed by atoms with Crippen molar-refractivity contribution in [3.8, 4) is 0 Å². The van der Waals surface area contributed by atoms with Crippen LogP contribution in [0.15, 0.2) is 24.5 Å². The van der Waals surface area contributed by atoms with E-state index in [4.69, 9.17) is 5.73 Å². The van der Waals surface area contributed by atoms with Gasteiger partial charge in [-0.15, -0.1) is 0 Å². The van der Waals surface area contributed by atoms with Gasteiger partial charge in [-0.2, -0.15) is 13.2 Å². The lowest BCUT2D eigenvalue weighted by Crippen LogP contribution is -2.57. The number of halogens is 5. The zero-order chi connectivity index (χ0) is 23.0. The summed E-state index contributed by atoms with van der Waals surface area (Å²) in [5.74, 6) is -4.43. The Morgan fingerprint density at radius 1 is 1.29 bits per heavy atom. The Labute approximate surface area is 174 Å². The van der Waals surface area contributed by atoms with Crippen molar-refractivity contribution in [2.45, 2.75) is 38.4 Å². The quantitative estimate of drug-likeness (QED) is 0.702. The van der Waals surface area contributed by atoms with Gasteiger partial charge < -0.3 is 16.0 Å². The molecule has 2 aromatic rings. The highest BCUT2D eigenvalue weighted by molar-refractivity contribution is 5.97. The normalized spacial score (nSPS) is 21.1. The first-order valence-corrected chi connectivity index (χ1v) is 9.42. The number of alkyl halides is 5. The van der Waals surface area contributed by atoms with Crippen LogP contribution in [0.25, 0.3) is 0 Å². The van der Waals surface area contributed by atoms with Crippen LogP contribution in [0, 0.1) is 12.8 Å². The Morgan fingerprint density at radius 3 is 2.61 bits per heavy atom. The predicted molar refractivity (Wildman–Crippen MR) is 102 cm³/mol. The predicted octanol–water partition coefficient (Wildman–Crippen LogP) is 3.38. The van der Waals surface area contributed by atoms with Gasteiger partial charge in [0.25, 0.3) is 11.8 Å². The van der Waals surface area contributed by atoms with E-state index >= 15 is 0 Å². The highest BCUT2D eigenvalue weighted by Gasteiger charge is 2.46. The molecule has 3 heterocycles. The molecule has 0 bridgehead atoms. The number of hydrogen-bond acceptors (Lipinski definition) is 6. The second kappa shape index (κ2) is 8.23. The fourth-order valence-electron chi connectivity index (χ4n) is 3.53. The summed E-state index contributed by atoms with van der Waals surface area (Å²) in [7, 11) is 0. The van der Waals surface area contributed by atoms with Crippen molar-refractivity contribution in [1.82, 2.24) is 19.9 Å². The van der Waals surface area contributed by atoms with Gasteiger partial charge in [-0.1, -0.05) is 6.92 Å². The number of anilines is 2. The van der Waals surface area contributed by atoms with Crippen molar-refractivity contribution in [2.24, 2.45) is 5.92 Å². The Bertz CT molecular complexity index is 950. The molecule has 0 aliphatic carbocycles. The van der Waals surface area contributed by atoms with Gasteiger partial charge in [-0.05, 0) is 25.0 Å². The molecule has 2 unspecified atom stereocenters. The van der Waals surface area contributed by atoms with Crippen molar-refractivity contribution in [2.75, 3.05) is 24.1 Å². The van der Waals surface area contributed by atoms with Crippen LogP contribution < -0.4 is 11.1 Å². The first kappa shape index (κ1) is 22.6. The summed E-state index contributed by atoms with van der Waals surface area (Å²) in [4.78, 5) is 25.1. The summed E-state index contributed by atoms with van der Waals surface area (Å²) in [6, 6.07) is 2.38. The molecular weight excluding hydrogens is 423 g/mol. The number of nitrogens with one attached hydrogen (secondary N) is 1. The third-order valence-electron chi connectivity index (χ3n) is 5.04. The zero-order valence-electron chi connectivity index (χ0n) is 16.7. The van der Waals surface area contributed by atoms with Gasteiger partial charge in [0.1, 0.15) is 5.82 Å². The topological polar surface area (TPSA) is 97.0 Å². The molecule has 1 amide bonds. The number of likely N-dealkylation sites (tertiary alicyclic amines) is 1. The lowest BCUT2D eigenvalue weighted by molar-refractivity contribution is -0.141. The number of amides is 1. The van der Waals surface area contributed by atoms with Gasteiger partial charge in [0.05, 0.1) is 30.7 Å². The van der Waals surface area contributed by atoms with Crippen molar-refractivity contribution < 1.29 is 26.7 Å².